The lowest BCUT2D eigenvalue weighted by molar-refractivity contribution is -0.341. The van der Waals surface area contributed by atoms with Crippen molar-refractivity contribution in [1.82, 2.24) is 9.97 Å². The topological polar surface area (TPSA) is 55.0 Å². The van der Waals surface area contributed by atoms with Crippen LogP contribution in [0.4, 0.5) is 26.3 Å². The third-order valence-electron chi connectivity index (χ3n) is 2.55. The van der Waals surface area contributed by atoms with Crippen LogP contribution in [0.25, 0.3) is 11.0 Å². The van der Waals surface area contributed by atoms with E-state index in [4.69, 9.17) is 11.6 Å². The number of fused-ring (bicyclic) bond motifs is 1. The van der Waals surface area contributed by atoms with Crippen molar-refractivity contribution in [3.8, 4) is 5.88 Å². The van der Waals surface area contributed by atoms with Gasteiger partial charge in [0.2, 0.25) is 0 Å². The third kappa shape index (κ3) is 2.70. The van der Waals surface area contributed by atoms with E-state index in [0.717, 1.165) is 0 Å². The van der Waals surface area contributed by atoms with E-state index in [1.807, 2.05) is 4.98 Å². The Labute approximate surface area is 122 Å². The summed E-state index contributed by atoms with van der Waals surface area (Å²) >= 11 is 5.70. The van der Waals surface area contributed by atoms with E-state index in [1.54, 1.807) is 0 Å². The van der Waals surface area contributed by atoms with Gasteiger partial charge >= 0.3 is 24.0 Å². The first-order chi connectivity index (χ1) is 10.1. The van der Waals surface area contributed by atoms with Crippen molar-refractivity contribution in [1.29, 1.82) is 0 Å². The summed E-state index contributed by atoms with van der Waals surface area (Å²) in [6.45, 7) is 0. The van der Waals surface area contributed by atoms with Crippen LogP contribution in [0.1, 0.15) is 0 Å². The summed E-state index contributed by atoms with van der Waals surface area (Å²) in [5, 5.41) is -0.105. The molecule has 0 spiro atoms. The lowest BCUT2D eigenvalue weighted by atomic mass is 10.3. The van der Waals surface area contributed by atoms with Gasteiger partial charge in [-0.05, 0) is 12.1 Å². The van der Waals surface area contributed by atoms with E-state index in [-0.39, 0.29) is 16.1 Å². The number of halogens is 7. The van der Waals surface area contributed by atoms with E-state index in [0.29, 0.717) is 0 Å². The number of hydrogen-bond donors (Lipinski definition) is 1. The van der Waals surface area contributed by atoms with Gasteiger partial charge in [-0.25, -0.2) is 13.8 Å². The van der Waals surface area contributed by atoms with Gasteiger partial charge in [0.05, 0.1) is 10.5 Å². The molecule has 1 heterocycles. The first-order valence-corrected chi connectivity index (χ1v) is 5.85. The van der Waals surface area contributed by atoms with Crippen LogP contribution >= 0.6 is 11.6 Å². The average Bonchev–Trinajstić information content (AvgIpc) is 2.39. The molecule has 0 radical (unpaired) electrons. The standard InChI is InChI=1S/C11H5ClF6N2O2/c12-4-2-1-3-5-6(4)20-8(7(21)19-5)22-10(15,9(13)14)11(16,17)18/h1-3,9H,(H,19,21). The molecule has 0 saturated heterocycles. The summed E-state index contributed by atoms with van der Waals surface area (Å²) < 4.78 is 79.1. The highest BCUT2D eigenvalue weighted by molar-refractivity contribution is 6.34. The summed E-state index contributed by atoms with van der Waals surface area (Å²) in [6, 6.07) is 3.98. The number of rotatable bonds is 3. The fourth-order valence-electron chi connectivity index (χ4n) is 1.49. The second kappa shape index (κ2) is 5.34. The van der Waals surface area contributed by atoms with Crippen LogP contribution in [-0.2, 0) is 0 Å². The fourth-order valence-corrected chi connectivity index (χ4v) is 1.71. The Bertz CT molecular complexity index is 762. The first-order valence-electron chi connectivity index (χ1n) is 5.47. The molecule has 0 saturated carbocycles. The van der Waals surface area contributed by atoms with Gasteiger partial charge in [-0.15, -0.1) is 0 Å². The number of nitrogens with zero attached hydrogens (tertiary/aromatic N) is 1. The Morgan fingerprint density at radius 2 is 1.86 bits per heavy atom. The van der Waals surface area contributed by atoms with Gasteiger partial charge in [-0.3, -0.25) is 4.79 Å². The number of nitrogens with one attached hydrogen (secondary N) is 1. The van der Waals surface area contributed by atoms with Crippen molar-refractivity contribution >= 4 is 22.6 Å². The number of hydrogen-bond acceptors (Lipinski definition) is 3. The predicted octanol–water partition coefficient (Wildman–Crippen LogP) is 3.45. The maximum Gasteiger partial charge on any atom is 0.466 e. The molecule has 2 rings (SSSR count). The van der Waals surface area contributed by atoms with Crippen LogP contribution in [-0.4, -0.2) is 28.4 Å². The Morgan fingerprint density at radius 1 is 1.23 bits per heavy atom. The fraction of sp³-hybridized carbons (Fsp3) is 0.273. The second-order valence-corrected chi connectivity index (χ2v) is 4.46. The maximum absolute atomic E-state index is 13.5. The van der Waals surface area contributed by atoms with Gasteiger partial charge in [0, 0.05) is 0 Å². The van der Waals surface area contributed by atoms with Gasteiger partial charge < -0.3 is 9.72 Å². The molecule has 1 aromatic carbocycles. The molecular formula is C11H5ClF6N2O2. The molecule has 22 heavy (non-hydrogen) atoms. The van der Waals surface area contributed by atoms with E-state index < -0.39 is 29.9 Å². The molecule has 0 amide bonds. The first kappa shape index (κ1) is 16.4. The Morgan fingerprint density at radius 3 is 2.41 bits per heavy atom. The summed E-state index contributed by atoms with van der Waals surface area (Å²) in [5.41, 5.74) is -1.64. The molecule has 4 nitrogen and oxygen atoms in total. The highest BCUT2D eigenvalue weighted by Gasteiger charge is 2.66. The Hall–Kier alpha value is -1.97. The van der Waals surface area contributed by atoms with Crippen molar-refractivity contribution < 1.29 is 31.1 Å². The minimum absolute atomic E-state index is 0.0124. The van der Waals surface area contributed by atoms with E-state index in [1.165, 1.54) is 18.2 Å². The van der Waals surface area contributed by atoms with Crippen LogP contribution in [0.5, 0.6) is 5.88 Å². The zero-order valence-electron chi connectivity index (χ0n) is 10.2. The molecule has 1 unspecified atom stereocenters. The summed E-state index contributed by atoms with van der Waals surface area (Å²) in [6.07, 6.45) is -10.7. The molecule has 11 heteroatoms. The number of aromatic amines is 1. The molecule has 1 aromatic heterocycles. The van der Waals surface area contributed by atoms with Crippen molar-refractivity contribution in [2.75, 3.05) is 0 Å². The van der Waals surface area contributed by atoms with Crippen LogP contribution in [0.15, 0.2) is 23.0 Å². The summed E-state index contributed by atoms with van der Waals surface area (Å²) in [5.74, 6) is -6.89. The Kier molecular flexibility index (Phi) is 3.98. The smallest absolute Gasteiger partial charge is 0.424 e. The minimum atomic E-state index is -6.08. The summed E-state index contributed by atoms with van der Waals surface area (Å²) in [4.78, 5) is 16.8. The lowest BCUT2D eigenvalue weighted by Crippen LogP contribution is -2.53. The molecule has 0 bridgehead atoms. The molecule has 0 aliphatic carbocycles. The zero-order valence-corrected chi connectivity index (χ0v) is 11.0. The second-order valence-electron chi connectivity index (χ2n) is 4.05. The molecule has 0 fully saturated rings. The lowest BCUT2D eigenvalue weighted by Gasteiger charge is -2.26. The molecule has 120 valence electrons. The van der Waals surface area contributed by atoms with Crippen molar-refractivity contribution in [2.45, 2.75) is 18.5 Å². The predicted molar refractivity (Wildman–Crippen MR) is 63.9 cm³/mol. The Balaban J connectivity index is 2.58. The van der Waals surface area contributed by atoms with Crippen molar-refractivity contribution in [2.24, 2.45) is 0 Å². The maximum atomic E-state index is 13.5. The number of aromatic nitrogens is 2. The van der Waals surface area contributed by atoms with Crippen molar-refractivity contribution in [3.05, 3.63) is 33.6 Å². The largest absolute Gasteiger partial charge is 0.466 e. The SMILES string of the molecule is O=c1[nH]c2cccc(Cl)c2nc1OC(F)(C(F)F)C(F)(F)F. The van der Waals surface area contributed by atoms with E-state index in [2.05, 4.69) is 9.72 Å². The normalized spacial score (nSPS) is 15.1. The molecule has 2 aromatic rings. The van der Waals surface area contributed by atoms with Crippen LogP contribution in [0, 0.1) is 0 Å². The third-order valence-corrected chi connectivity index (χ3v) is 2.86. The highest BCUT2D eigenvalue weighted by Crippen LogP contribution is 2.39. The highest BCUT2D eigenvalue weighted by atomic mass is 35.5. The molecule has 0 aliphatic heterocycles. The van der Waals surface area contributed by atoms with Crippen molar-refractivity contribution in [3.63, 3.8) is 0 Å². The zero-order chi connectivity index (χ0) is 16.7. The monoisotopic (exact) mass is 346 g/mol. The van der Waals surface area contributed by atoms with Gasteiger partial charge in [-0.1, -0.05) is 17.7 Å². The molecule has 1 atom stereocenters. The van der Waals surface area contributed by atoms with Crippen LogP contribution < -0.4 is 10.3 Å². The average molecular weight is 347 g/mol. The number of benzene rings is 1. The van der Waals surface area contributed by atoms with Gasteiger partial charge in [0.15, 0.2) is 0 Å². The minimum Gasteiger partial charge on any atom is -0.424 e. The van der Waals surface area contributed by atoms with Gasteiger partial charge in [0.1, 0.15) is 5.52 Å². The van der Waals surface area contributed by atoms with E-state index in [9.17, 15) is 31.1 Å². The van der Waals surface area contributed by atoms with Crippen LogP contribution in [0.2, 0.25) is 5.02 Å². The molecule has 1 N–H and O–H groups in total. The van der Waals surface area contributed by atoms with E-state index >= 15 is 0 Å². The number of alkyl halides is 6. The molecular weight excluding hydrogens is 342 g/mol. The van der Waals surface area contributed by atoms with Gasteiger partial charge in [0.25, 0.3) is 5.88 Å². The summed E-state index contributed by atoms with van der Waals surface area (Å²) in [7, 11) is 0. The molecule has 0 aliphatic rings. The number of H-pyrrole nitrogens is 1. The quantitative estimate of drug-likeness (QED) is 0.866. The number of para-hydroxylation sites is 1. The number of ether oxygens (including phenoxy) is 1. The van der Waals surface area contributed by atoms with Gasteiger partial charge in [-0.2, -0.15) is 17.6 Å². The van der Waals surface area contributed by atoms with Crippen LogP contribution in [0.3, 0.4) is 0 Å².